The van der Waals surface area contributed by atoms with Gasteiger partial charge in [0.1, 0.15) is 0 Å². The average molecular weight is 193 g/mol. The van der Waals surface area contributed by atoms with Gasteiger partial charge in [0.25, 0.3) is 0 Å². The van der Waals surface area contributed by atoms with Crippen LogP contribution in [0.4, 0.5) is 0 Å². The zero-order valence-corrected chi connectivity index (χ0v) is 9.08. The predicted octanol–water partition coefficient (Wildman–Crippen LogP) is 1.76. The first-order chi connectivity index (χ1) is 6.72. The number of hydrogen-bond donors (Lipinski definition) is 1. The first kappa shape index (κ1) is 9.71. The van der Waals surface area contributed by atoms with Gasteiger partial charge in [0.2, 0.25) is 0 Å². The zero-order chi connectivity index (χ0) is 10.1. The first-order valence-electron chi connectivity index (χ1n) is 5.45. The molecule has 0 bridgehead atoms. The van der Waals surface area contributed by atoms with Crippen molar-refractivity contribution in [3.63, 3.8) is 0 Å². The van der Waals surface area contributed by atoms with Gasteiger partial charge in [-0.05, 0) is 32.6 Å². The van der Waals surface area contributed by atoms with Gasteiger partial charge in [0.05, 0.1) is 5.69 Å². The molecule has 2 N–H and O–H groups in total. The summed E-state index contributed by atoms with van der Waals surface area (Å²) in [5, 5.41) is 4.54. The Bertz CT molecular complexity index is 324. The molecule has 3 heteroatoms. The Kier molecular flexibility index (Phi) is 2.59. The van der Waals surface area contributed by atoms with E-state index in [1.165, 1.54) is 30.5 Å². The lowest BCUT2D eigenvalue weighted by atomic mass is 9.85. The van der Waals surface area contributed by atoms with Crippen LogP contribution in [0, 0.1) is 19.8 Å². The van der Waals surface area contributed by atoms with E-state index in [-0.39, 0.29) is 0 Å². The number of rotatable bonds is 3. The Morgan fingerprint density at radius 3 is 2.57 bits per heavy atom. The molecule has 0 amide bonds. The minimum atomic E-state index is 0.613. The van der Waals surface area contributed by atoms with Gasteiger partial charge in [0.15, 0.2) is 0 Å². The predicted molar refractivity (Wildman–Crippen MR) is 56.9 cm³/mol. The van der Waals surface area contributed by atoms with Gasteiger partial charge >= 0.3 is 0 Å². The maximum Gasteiger partial charge on any atom is 0.0641 e. The van der Waals surface area contributed by atoms with E-state index >= 15 is 0 Å². The molecule has 2 rings (SSSR count). The second-order valence-electron chi connectivity index (χ2n) is 4.33. The maximum atomic E-state index is 5.69. The minimum Gasteiger partial charge on any atom is -0.326 e. The third-order valence-corrected chi connectivity index (χ3v) is 3.39. The highest BCUT2D eigenvalue weighted by Gasteiger charge is 2.20. The van der Waals surface area contributed by atoms with Gasteiger partial charge in [-0.15, -0.1) is 0 Å². The molecule has 14 heavy (non-hydrogen) atoms. The van der Waals surface area contributed by atoms with Gasteiger partial charge in [-0.25, -0.2) is 0 Å². The summed E-state index contributed by atoms with van der Waals surface area (Å²) in [6.45, 7) is 5.88. The van der Waals surface area contributed by atoms with E-state index in [0.717, 1.165) is 18.2 Å². The molecule has 1 aromatic heterocycles. The van der Waals surface area contributed by atoms with Crippen molar-refractivity contribution in [2.24, 2.45) is 11.7 Å². The number of hydrogen-bond acceptors (Lipinski definition) is 2. The quantitative estimate of drug-likeness (QED) is 0.795. The standard InChI is InChI=1S/C11H19N3/c1-8-11(6-12)9(2)14(13-8)7-10-4-3-5-10/h10H,3-7,12H2,1-2H3. The summed E-state index contributed by atoms with van der Waals surface area (Å²) in [7, 11) is 0. The molecule has 1 aliphatic rings. The van der Waals surface area contributed by atoms with E-state index in [1.807, 2.05) is 6.92 Å². The summed E-state index contributed by atoms with van der Waals surface area (Å²) in [4.78, 5) is 0. The van der Waals surface area contributed by atoms with Crippen LogP contribution in [0.2, 0.25) is 0 Å². The van der Waals surface area contributed by atoms with Crippen molar-refractivity contribution in [2.75, 3.05) is 0 Å². The molecule has 0 atom stereocenters. The third kappa shape index (κ3) is 1.57. The van der Waals surface area contributed by atoms with Crippen molar-refractivity contribution >= 4 is 0 Å². The highest BCUT2D eigenvalue weighted by atomic mass is 15.3. The van der Waals surface area contributed by atoms with E-state index in [0.29, 0.717) is 6.54 Å². The fourth-order valence-electron chi connectivity index (χ4n) is 2.13. The average Bonchev–Trinajstić information content (AvgIpc) is 2.35. The molecular formula is C11H19N3. The summed E-state index contributed by atoms with van der Waals surface area (Å²) in [6, 6.07) is 0. The highest BCUT2D eigenvalue weighted by Crippen LogP contribution is 2.28. The van der Waals surface area contributed by atoms with Gasteiger partial charge in [0, 0.05) is 24.3 Å². The Labute approximate surface area is 85.3 Å². The number of nitrogens with zero attached hydrogens (tertiary/aromatic N) is 2. The van der Waals surface area contributed by atoms with Crippen LogP contribution in [-0.4, -0.2) is 9.78 Å². The van der Waals surface area contributed by atoms with Crippen molar-refractivity contribution in [2.45, 2.75) is 46.2 Å². The van der Waals surface area contributed by atoms with Crippen molar-refractivity contribution in [1.29, 1.82) is 0 Å². The second kappa shape index (κ2) is 3.73. The summed E-state index contributed by atoms with van der Waals surface area (Å²) in [5.41, 5.74) is 9.28. The molecule has 0 saturated heterocycles. The molecular weight excluding hydrogens is 174 g/mol. The Morgan fingerprint density at radius 2 is 2.14 bits per heavy atom. The Morgan fingerprint density at radius 1 is 1.43 bits per heavy atom. The molecule has 0 radical (unpaired) electrons. The molecule has 0 unspecified atom stereocenters. The van der Waals surface area contributed by atoms with Crippen LogP contribution in [0.1, 0.15) is 36.2 Å². The minimum absolute atomic E-state index is 0.613. The summed E-state index contributed by atoms with van der Waals surface area (Å²) in [6.07, 6.45) is 4.14. The Balaban J connectivity index is 2.16. The SMILES string of the molecule is Cc1nn(CC2CCC2)c(C)c1CN. The van der Waals surface area contributed by atoms with E-state index in [2.05, 4.69) is 16.7 Å². The third-order valence-electron chi connectivity index (χ3n) is 3.39. The molecule has 78 valence electrons. The van der Waals surface area contributed by atoms with Crippen LogP contribution in [0.3, 0.4) is 0 Å². The lowest BCUT2D eigenvalue weighted by Crippen LogP contribution is -2.19. The molecule has 0 aromatic carbocycles. The molecule has 1 aliphatic carbocycles. The summed E-state index contributed by atoms with van der Waals surface area (Å²) in [5.74, 6) is 0.860. The monoisotopic (exact) mass is 193 g/mol. The maximum absolute atomic E-state index is 5.69. The fraction of sp³-hybridized carbons (Fsp3) is 0.727. The van der Waals surface area contributed by atoms with Gasteiger partial charge in [-0.3, -0.25) is 4.68 Å². The van der Waals surface area contributed by atoms with Crippen molar-refractivity contribution in [3.05, 3.63) is 17.0 Å². The lowest BCUT2D eigenvalue weighted by Gasteiger charge is -2.25. The van der Waals surface area contributed by atoms with Crippen molar-refractivity contribution in [3.8, 4) is 0 Å². The van der Waals surface area contributed by atoms with Crippen LogP contribution in [0.5, 0.6) is 0 Å². The van der Waals surface area contributed by atoms with Crippen molar-refractivity contribution in [1.82, 2.24) is 9.78 Å². The lowest BCUT2D eigenvalue weighted by molar-refractivity contribution is 0.264. The Hall–Kier alpha value is -0.830. The first-order valence-corrected chi connectivity index (χ1v) is 5.45. The van der Waals surface area contributed by atoms with Gasteiger partial charge in [-0.2, -0.15) is 5.10 Å². The number of nitrogens with two attached hydrogens (primary N) is 1. The van der Waals surface area contributed by atoms with E-state index in [4.69, 9.17) is 5.73 Å². The zero-order valence-electron chi connectivity index (χ0n) is 9.08. The molecule has 1 aromatic rings. The molecule has 1 heterocycles. The molecule has 0 spiro atoms. The van der Waals surface area contributed by atoms with Crippen LogP contribution < -0.4 is 5.73 Å². The largest absolute Gasteiger partial charge is 0.326 e. The fourth-order valence-corrected chi connectivity index (χ4v) is 2.13. The second-order valence-corrected chi connectivity index (χ2v) is 4.33. The topological polar surface area (TPSA) is 43.8 Å². The number of aryl methyl sites for hydroxylation is 1. The highest BCUT2D eigenvalue weighted by molar-refractivity contribution is 5.24. The van der Waals surface area contributed by atoms with E-state index in [9.17, 15) is 0 Å². The normalized spacial score (nSPS) is 17.1. The molecule has 3 nitrogen and oxygen atoms in total. The van der Waals surface area contributed by atoms with Crippen LogP contribution in [-0.2, 0) is 13.1 Å². The smallest absolute Gasteiger partial charge is 0.0641 e. The van der Waals surface area contributed by atoms with Crippen LogP contribution in [0.15, 0.2) is 0 Å². The summed E-state index contributed by atoms with van der Waals surface area (Å²) >= 11 is 0. The van der Waals surface area contributed by atoms with Gasteiger partial charge < -0.3 is 5.73 Å². The molecule has 0 aliphatic heterocycles. The van der Waals surface area contributed by atoms with Crippen LogP contribution in [0.25, 0.3) is 0 Å². The molecule has 1 saturated carbocycles. The summed E-state index contributed by atoms with van der Waals surface area (Å²) < 4.78 is 2.14. The van der Waals surface area contributed by atoms with E-state index in [1.54, 1.807) is 0 Å². The van der Waals surface area contributed by atoms with Crippen LogP contribution >= 0.6 is 0 Å². The van der Waals surface area contributed by atoms with E-state index < -0.39 is 0 Å². The van der Waals surface area contributed by atoms with Gasteiger partial charge in [-0.1, -0.05) is 6.42 Å². The molecule has 1 fully saturated rings. The van der Waals surface area contributed by atoms with Crippen molar-refractivity contribution < 1.29 is 0 Å². The number of aromatic nitrogens is 2.